The minimum atomic E-state index is -5.67. The van der Waals surface area contributed by atoms with E-state index in [1.807, 2.05) is 0 Å². The molecule has 0 amide bonds. The maximum atomic E-state index is 9.99. The van der Waals surface area contributed by atoms with Crippen molar-refractivity contribution in [2.45, 2.75) is 26.7 Å². The van der Waals surface area contributed by atoms with Gasteiger partial charge in [0, 0.05) is 0 Å². The minimum absolute atomic E-state index is 0. The van der Waals surface area contributed by atoms with E-state index in [0.29, 0.717) is 0 Å². The summed E-state index contributed by atoms with van der Waals surface area (Å²) in [7, 11) is -5.67. The van der Waals surface area contributed by atoms with Gasteiger partial charge in [-0.3, -0.25) is 4.70 Å². The molecule has 0 fully saturated rings. The molecule has 0 aromatic carbocycles. The van der Waals surface area contributed by atoms with Crippen molar-refractivity contribution in [3.8, 4) is 0 Å². The Balaban J connectivity index is -0.0000000910. The molecule has 0 bridgehead atoms. The van der Waals surface area contributed by atoms with Gasteiger partial charge in [0.1, 0.15) is 0 Å². The van der Waals surface area contributed by atoms with Crippen molar-refractivity contribution in [1.29, 1.82) is 0 Å². The van der Waals surface area contributed by atoms with E-state index in [-0.39, 0.29) is 4.70 Å². The Morgan fingerprint density at radius 3 is 1.20 bits per heavy atom. The van der Waals surface area contributed by atoms with Crippen molar-refractivity contribution in [3.05, 3.63) is 0 Å². The van der Waals surface area contributed by atoms with Gasteiger partial charge >= 0.3 is 10.6 Å². The number of hydrogen-bond donors (Lipinski definition) is 0. The van der Waals surface area contributed by atoms with Gasteiger partial charge in [0.05, 0.1) is 0 Å². The number of unbranched alkanes of at least 4 members (excludes halogenated alkanes) is 1. The topological polar surface area (TPSA) is 34.1 Å². The lowest BCUT2D eigenvalue weighted by molar-refractivity contribution is 0.501. The summed E-state index contributed by atoms with van der Waals surface area (Å²) in [6.07, 6.45) is 2.64. The highest BCUT2D eigenvalue weighted by Gasteiger charge is 1.94. The summed E-state index contributed by atoms with van der Waals surface area (Å²) in [5.41, 5.74) is 0. The molecule has 0 rings (SSSR count). The van der Waals surface area contributed by atoms with Gasteiger partial charge in [-0.2, -0.15) is 8.42 Å². The molecular weight excluding hydrogens is 169 g/mol. The molecule has 0 aromatic rings. The second-order valence-electron chi connectivity index (χ2n) is 1.38. The fourth-order valence-corrected chi connectivity index (χ4v) is 0. The van der Waals surface area contributed by atoms with E-state index < -0.39 is 10.6 Å². The maximum Gasteiger partial charge on any atom is 0.476 e. The van der Waals surface area contributed by atoms with Crippen LogP contribution < -0.4 is 0 Å². The van der Waals surface area contributed by atoms with Crippen LogP contribution in [0.3, 0.4) is 0 Å². The van der Waals surface area contributed by atoms with E-state index in [1.54, 1.807) is 0 Å². The number of hydrogen-bond acceptors (Lipinski definition) is 2. The molecule has 0 aliphatic rings. The van der Waals surface area contributed by atoms with Gasteiger partial charge in [0.25, 0.3) is 0 Å². The summed E-state index contributed by atoms with van der Waals surface area (Å²) in [5, 5.41) is 0. The molecular formula is C4H11F3O2S. The molecule has 0 aromatic heterocycles. The summed E-state index contributed by atoms with van der Waals surface area (Å²) in [5.74, 6) is 0. The highest BCUT2D eigenvalue weighted by molar-refractivity contribution is 7.81. The predicted molar refractivity (Wildman–Crippen MR) is 34.2 cm³/mol. The van der Waals surface area contributed by atoms with Crippen molar-refractivity contribution in [1.82, 2.24) is 0 Å². The molecule has 6 heteroatoms. The molecule has 0 unspecified atom stereocenters. The van der Waals surface area contributed by atoms with Crippen LogP contribution >= 0.6 is 0 Å². The molecule has 0 saturated carbocycles. The van der Waals surface area contributed by atoms with E-state index in [4.69, 9.17) is 8.42 Å². The Kier molecular flexibility index (Phi) is 14.3. The third-order valence-corrected chi connectivity index (χ3v) is 0.500. The van der Waals surface area contributed by atoms with E-state index in [2.05, 4.69) is 13.8 Å². The summed E-state index contributed by atoms with van der Waals surface area (Å²) in [4.78, 5) is 0. The molecule has 10 heavy (non-hydrogen) atoms. The lowest BCUT2D eigenvalue weighted by Crippen LogP contribution is -1.69. The summed E-state index contributed by atoms with van der Waals surface area (Å²) < 4.78 is 36.6. The van der Waals surface area contributed by atoms with E-state index in [9.17, 15) is 7.77 Å². The van der Waals surface area contributed by atoms with Crippen molar-refractivity contribution in [3.63, 3.8) is 0 Å². The van der Waals surface area contributed by atoms with Crippen LogP contribution in [0.25, 0.3) is 0 Å². The Hall–Kier alpha value is -0.260. The monoisotopic (exact) mass is 180 g/mol. The van der Waals surface area contributed by atoms with E-state index in [0.717, 1.165) is 0 Å². The predicted octanol–water partition coefficient (Wildman–Crippen LogP) is 2.13. The largest absolute Gasteiger partial charge is 0.476 e. The first kappa shape index (κ1) is 16.4. The average Bonchev–Trinajstić information content (AvgIpc) is 1.61. The van der Waals surface area contributed by atoms with Gasteiger partial charge in [0.2, 0.25) is 0 Å². The summed E-state index contributed by atoms with van der Waals surface area (Å²) in [6.45, 7) is 4.36. The van der Waals surface area contributed by atoms with E-state index in [1.165, 1.54) is 12.8 Å². The normalized spacial score (nSPS) is 8.80. The molecule has 2 nitrogen and oxygen atoms in total. The molecule has 0 saturated heterocycles. The zero-order valence-corrected chi connectivity index (χ0v) is 6.62. The Bertz CT molecular complexity index is 121. The number of halogens is 3. The van der Waals surface area contributed by atoms with Crippen LogP contribution in [0.2, 0.25) is 0 Å². The van der Waals surface area contributed by atoms with Gasteiger partial charge in [-0.25, -0.2) is 0 Å². The average molecular weight is 180 g/mol. The lowest BCUT2D eigenvalue weighted by atomic mass is 10.4. The van der Waals surface area contributed by atoms with Crippen molar-refractivity contribution in [2.75, 3.05) is 0 Å². The standard InChI is InChI=1S/C4H10.F2O2S.FH/c1-3-4-2;1-5(2,3)4;/h3-4H2,1-2H3;;1H. The highest BCUT2D eigenvalue weighted by Crippen LogP contribution is 1.85. The van der Waals surface area contributed by atoms with Gasteiger partial charge in [-0.15, -0.1) is 0 Å². The molecule has 0 atom stereocenters. The van der Waals surface area contributed by atoms with Crippen molar-refractivity contribution >= 4 is 10.6 Å². The molecule has 0 heterocycles. The maximum absolute atomic E-state index is 9.99. The minimum Gasteiger partial charge on any atom is -0.269 e. The summed E-state index contributed by atoms with van der Waals surface area (Å²) in [6, 6.07) is 0. The SMILES string of the molecule is CCCC.F.O=S(=O)(F)F. The second kappa shape index (κ2) is 8.74. The van der Waals surface area contributed by atoms with Crippen LogP contribution in [0.4, 0.5) is 12.5 Å². The Morgan fingerprint density at radius 1 is 1.10 bits per heavy atom. The molecule has 66 valence electrons. The van der Waals surface area contributed by atoms with Crippen molar-refractivity contribution < 1.29 is 20.9 Å². The van der Waals surface area contributed by atoms with Gasteiger partial charge in [-0.05, 0) is 0 Å². The zero-order valence-electron chi connectivity index (χ0n) is 5.80. The molecule has 0 aliphatic carbocycles. The zero-order chi connectivity index (χ0) is 7.91. The molecule has 0 N–H and O–H groups in total. The summed E-state index contributed by atoms with van der Waals surface area (Å²) >= 11 is 0. The Morgan fingerprint density at radius 2 is 1.20 bits per heavy atom. The van der Waals surface area contributed by atoms with Crippen LogP contribution in [0, 0.1) is 0 Å². The molecule has 0 spiro atoms. The second-order valence-corrected chi connectivity index (χ2v) is 2.14. The lowest BCUT2D eigenvalue weighted by Gasteiger charge is -1.68. The third kappa shape index (κ3) is 642. The van der Waals surface area contributed by atoms with Gasteiger partial charge in [0.15, 0.2) is 0 Å². The smallest absolute Gasteiger partial charge is 0.269 e. The fourth-order valence-electron chi connectivity index (χ4n) is 0. The first-order valence-electron chi connectivity index (χ1n) is 2.56. The quantitative estimate of drug-likeness (QED) is 0.579. The third-order valence-electron chi connectivity index (χ3n) is 0.500. The van der Waals surface area contributed by atoms with Crippen LogP contribution in [-0.2, 0) is 10.6 Å². The van der Waals surface area contributed by atoms with Gasteiger partial charge < -0.3 is 0 Å². The van der Waals surface area contributed by atoms with Crippen LogP contribution in [0.15, 0.2) is 0 Å². The van der Waals surface area contributed by atoms with Gasteiger partial charge in [-0.1, -0.05) is 34.5 Å². The van der Waals surface area contributed by atoms with E-state index >= 15 is 0 Å². The van der Waals surface area contributed by atoms with Crippen LogP contribution in [0.1, 0.15) is 26.7 Å². The first-order chi connectivity index (χ1) is 3.91. The van der Waals surface area contributed by atoms with Crippen LogP contribution in [0.5, 0.6) is 0 Å². The fraction of sp³-hybridized carbons (Fsp3) is 1.00. The molecule has 0 radical (unpaired) electrons. The van der Waals surface area contributed by atoms with Crippen molar-refractivity contribution in [2.24, 2.45) is 0 Å². The number of rotatable bonds is 1. The Labute approximate surface area is 59.1 Å². The van der Waals surface area contributed by atoms with Crippen LogP contribution in [-0.4, -0.2) is 8.42 Å². The first-order valence-corrected chi connectivity index (χ1v) is 3.84. The molecule has 0 aliphatic heterocycles. The highest BCUT2D eigenvalue weighted by atomic mass is 32.3.